The van der Waals surface area contributed by atoms with Crippen LogP contribution in [0.1, 0.15) is 72.5 Å². The molecule has 0 aromatic carbocycles. The van der Waals surface area contributed by atoms with Crippen molar-refractivity contribution in [3.05, 3.63) is 46.7 Å². The quantitative estimate of drug-likeness (QED) is 0.535. The second-order valence-corrected chi connectivity index (χ2v) is 10.9. The average Bonchev–Trinajstić information content (AvgIpc) is 3.39. The van der Waals surface area contributed by atoms with Crippen LogP contribution in [0.25, 0.3) is 16.5 Å². The number of hydrogen-bond donors (Lipinski definition) is 0. The number of piperazine rings is 1. The summed E-state index contributed by atoms with van der Waals surface area (Å²) in [5.74, 6) is 1.03. The zero-order chi connectivity index (χ0) is 23.1. The van der Waals surface area contributed by atoms with Crippen LogP contribution in [0.2, 0.25) is 0 Å². The maximum absolute atomic E-state index is 13.6. The number of aromatic nitrogens is 4. The van der Waals surface area contributed by atoms with Crippen LogP contribution >= 0.6 is 11.3 Å². The van der Waals surface area contributed by atoms with E-state index < -0.39 is 0 Å². The first-order valence-electron chi connectivity index (χ1n) is 12.7. The summed E-state index contributed by atoms with van der Waals surface area (Å²) in [5.41, 5.74) is 3.69. The molecule has 1 saturated heterocycles. The molecule has 1 aliphatic heterocycles. The van der Waals surface area contributed by atoms with Crippen molar-refractivity contribution in [2.45, 2.75) is 63.8 Å². The van der Waals surface area contributed by atoms with E-state index in [0.717, 1.165) is 66.4 Å². The van der Waals surface area contributed by atoms with Crippen molar-refractivity contribution in [1.82, 2.24) is 29.5 Å². The van der Waals surface area contributed by atoms with E-state index in [-0.39, 0.29) is 5.91 Å². The van der Waals surface area contributed by atoms with E-state index >= 15 is 0 Å². The molecule has 4 heterocycles. The van der Waals surface area contributed by atoms with Gasteiger partial charge in [0, 0.05) is 44.3 Å². The molecule has 0 unspecified atom stereocenters. The van der Waals surface area contributed by atoms with Crippen LogP contribution in [-0.4, -0.2) is 67.7 Å². The summed E-state index contributed by atoms with van der Waals surface area (Å²) in [7, 11) is 0. The molecule has 3 aromatic heterocycles. The van der Waals surface area contributed by atoms with E-state index in [4.69, 9.17) is 4.98 Å². The Hall–Kier alpha value is -2.58. The van der Waals surface area contributed by atoms with Gasteiger partial charge in [0.15, 0.2) is 0 Å². The number of amides is 1. The highest BCUT2D eigenvalue weighted by molar-refractivity contribution is 7.13. The highest BCUT2D eigenvalue weighted by atomic mass is 32.1. The van der Waals surface area contributed by atoms with E-state index in [0.29, 0.717) is 17.9 Å². The van der Waals surface area contributed by atoms with Gasteiger partial charge in [0.1, 0.15) is 0 Å². The lowest BCUT2D eigenvalue weighted by molar-refractivity contribution is 0.0522. The predicted octanol–water partition coefficient (Wildman–Crippen LogP) is 4.67. The maximum Gasteiger partial charge on any atom is 0.257 e. The molecule has 3 fully saturated rings. The number of nitrogens with zero attached hydrogens (tertiary/aromatic N) is 6. The molecule has 2 aliphatic carbocycles. The van der Waals surface area contributed by atoms with E-state index in [2.05, 4.69) is 26.4 Å². The molecule has 2 saturated carbocycles. The third kappa shape index (κ3) is 4.18. The van der Waals surface area contributed by atoms with Crippen LogP contribution in [0, 0.1) is 6.92 Å². The number of hydrogen-bond acceptors (Lipinski definition) is 6. The molecule has 34 heavy (non-hydrogen) atoms. The van der Waals surface area contributed by atoms with Gasteiger partial charge in [-0.2, -0.15) is 5.10 Å². The van der Waals surface area contributed by atoms with Crippen molar-refractivity contribution < 1.29 is 4.79 Å². The molecular weight excluding hydrogens is 444 g/mol. The maximum atomic E-state index is 13.6. The van der Waals surface area contributed by atoms with Crippen molar-refractivity contribution in [3.63, 3.8) is 0 Å². The zero-order valence-corrected chi connectivity index (χ0v) is 20.6. The van der Waals surface area contributed by atoms with Crippen molar-refractivity contribution in [3.8, 4) is 16.5 Å². The second kappa shape index (κ2) is 9.23. The fourth-order valence-corrected chi connectivity index (χ4v) is 6.32. The predicted molar refractivity (Wildman–Crippen MR) is 134 cm³/mol. The van der Waals surface area contributed by atoms with Gasteiger partial charge in [-0.25, -0.2) is 14.6 Å². The largest absolute Gasteiger partial charge is 0.336 e. The lowest BCUT2D eigenvalue weighted by Crippen LogP contribution is -2.52. The van der Waals surface area contributed by atoms with Crippen molar-refractivity contribution >= 4 is 17.2 Å². The normalized spacial score (nSPS) is 20.1. The van der Waals surface area contributed by atoms with Crippen molar-refractivity contribution in [1.29, 1.82) is 0 Å². The van der Waals surface area contributed by atoms with Crippen LogP contribution in [0.5, 0.6) is 0 Å². The highest BCUT2D eigenvalue weighted by Crippen LogP contribution is 2.42. The summed E-state index contributed by atoms with van der Waals surface area (Å²) >= 11 is 1.67. The van der Waals surface area contributed by atoms with Crippen molar-refractivity contribution in [2.75, 3.05) is 26.2 Å². The van der Waals surface area contributed by atoms with Crippen LogP contribution < -0.4 is 0 Å². The van der Waals surface area contributed by atoms with Gasteiger partial charge >= 0.3 is 0 Å². The summed E-state index contributed by atoms with van der Waals surface area (Å²) in [6.07, 6.45) is 12.5. The Morgan fingerprint density at radius 3 is 2.53 bits per heavy atom. The van der Waals surface area contributed by atoms with Crippen LogP contribution in [0.4, 0.5) is 0 Å². The minimum absolute atomic E-state index is 0.113. The molecule has 1 amide bonds. The smallest absolute Gasteiger partial charge is 0.257 e. The summed E-state index contributed by atoms with van der Waals surface area (Å²) in [5, 5.41) is 6.70. The summed E-state index contributed by atoms with van der Waals surface area (Å²) in [6, 6.07) is 4.83. The fourth-order valence-electron chi connectivity index (χ4n) is 5.54. The van der Waals surface area contributed by atoms with E-state index in [1.807, 2.05) is 28.8 Å². The Labute approximate surface area is 204 Å². The first-order chi connectivity index (χ1) is 16.7. The third-order valence-electron chi connectivity index (χ3n) is 7.60. The van der Waals surface area contributed by atoms with Gasteiger partial charge in [0.25, 0.3) is 11.9 Å². The van der Waals surface area contributed by atoms with Crippen LogP contribution in [0.3, 0.4) is 0 Å². The molecule has 0 N–H and O–H groups in total. The molecule has 0 atom stereocenters. The van der Waals surface area contributed by atoms with Crippen LogP contribution in [0.15, 0.2) is 29.9 Å². The number of aryl methyl sites for hydroxylation is 1. The Balaban J connectivity index is 1.24. The van der Waals surface area contributed by atoms with Gasteiger partial charge in [-0.05, 0) is 49.6 Å². The molecule has 0 radical (unpaired) electrons. The molecule has 3 aliphatic rings. The fraction of sp³-hybridized carbons (Fsp3) is 0.538. The van der Waals surface area contributed by atoms with E-state index in [1.54, 1.807) is 17.5 Å². The molecule has 8 heteroatoms. The number of rotatable bonds is 5. The molecular formula is C26H32N6OS. The second-order valence-electron chi connectivity index (χ2n) is 9.93. The minimum atomic E-state index is 0.113. The first-order valence-corrected chi connectivity index (χ1v) is 13.6. The molecule has 6 rings (SSSR count). The lowest BCUT2D eigenvalue weighted by Gasteiger charge is -2.40. The van der Waals surface area contributed by atoms with Gasteiger partial charge in [0.05, 0.1) is 28.0 Å². The van der Waals surface area contributed by atoms with E-state index in [1.165, 1.54) is 32.1 Å². The van der Waals surface area contributed by atoms with Crippen LogP contribution in [-0.2, 0) is 0 Å². The van der Waals surface area contributed by atoms with E-state index in [9.17, 15) is 4.79 Å². The Bertz CT molecular complexity index is 1150. The molecule has 0 bridgehead atoms. The minimum Gasteiger partial charge on any atom is -0.336 e. The Kier molecular flexibility index (Phi) is 5.95. The van der Waals surface area contributed by atoms with Gasteiger partial charge in [-0.3, -0.25) is 9.69 Å². The monoisotopic (exact) mass is 476 g/mol. The molecule has 3 aromatic rings. The topological polar surface area (TPSA) is 67.2 Å². The van der Waals surface area contributed by atoms with Gasteiger partial charge in [-0.1, -0.05) is 25.3 Å². The summed E-state index contributed by atoms with van der Waals surface area (Å²) in [6.45, 7) is 5.59. The molecule has 7 nitrogen and oxygen atoms in total. The standard InChI is InChI=1S/C26H32N6OS/c1-18-16-27-26(29-23(18)22-8-5-15-34-22)32-24(19-9-10-19)21(17-28-32)25(33)31-13-11-30(12-14-31)20-6-3-2-4-7-20/h5,8,15-17,19-20H,2-4,6-7,9-14H2,1H3. The molecule has 0 spiro atoms. The summed E-state index contributed by atoms with van der Waals surface area (Å²) < 4.78 is 1.82. The van der Waals surface area contributed by atoms with Crippen molar-refractivity contribution in [2.24, 2.45) is 0 Å². The first kappa shape index (κ1) is 21.9. The Morgan fingerprint density at radius 2 is 1.82 bits per heavy atom. The average molecular weight is 477 g/mol. The number of thiophene rings is 1. The lowest BCUT2D eigenvalue weighted by atomic mass is 9.94. The summed E-state index contributed by atoms with van der Waals surface area (Å²) in [4.78, 5) is 28.8. The van der Waals surface area contributed by atoms with Gasteiger partial charge in [0.2, 0.25) is 0 Å². The molecule has 178 valence electrons. The zero-order valence-electron chi connectivity index (χ0n) is 19.8. The third-order valence-corrected chi connectivity index (χ3v) is 8.47. The van der Waals surface area contributed by atoms with Gasteiger partial charge < -0.3 is 4.90 Å². The van der Waals surface area contributed by atoms with Gasteiger partial charge in [-0.15, -0.1) is 11.3 Å². The SMILES string of the molecule is Cc1cnc(-n2ncc(C(=O)N3CCN(C4CCCCC4)CC3)c2C2CC2)nc1-c1cccs1. The number of carbonyl (C=O) groups excluding carboxylic acids is 1. The Morgan fingerprint density at radius 1 is 1.03 bits per heavy atom. The number of carbonyl (C=O) groups is 1. The highest BCUT2D eigenvalue weighted by Gasteiger charge is 2.36.